The summed E-state index contributed by atoms with van der Waals surface area (Å²) in [5.41, 5.74) is 0.621. The molecule has 1 atom stereocenters. The number of carbonyl (C=O) groups is 2. The number of hydrogen-bond acceptors (Lipinski definition) is 5. The summed E-state index contributed by atoms with van der Waals surface area (Å²) in [7, 11) is 0. The third-order valence-electron chi connectivity index (χ3n) is 4.99. The zero-order valence-corrected chi connectivity index (χ0v) is 16.3. The first-order chi connectivity index (χ1) is 13.6. The second-order valence-corrected chi connectivity index (χ2v) is 6.71. The molecule has 0 aliphatic carbocycles. The van der Waals surface area contributed by atoms with E-state index in [-0.39, 0.29) is 25.6 Å². The fourth-order valence-corrected chi connectivity index (χ4v) is 3.70. The van der Waals surface area contributed by atoms with Crippen LogP contribution in [0.1, 0.15) is 37.3 Å². The van der Waals surface area contributed by atoms with Gasteiger partial charge in [0.25, 0.3) is 0 Å². The van der Waals surface area contributed by atoms with Gasteiger partial charge in [0.15, 0.2) is 0 Å². The minimum atomic E-state index is -1.58. The fraction of sp³-hybridized carbons (Fsp3) is 0.348. The standard InChI is InChI=1S/C23H25NO4/c1-3-27-21(25)23(22(26)28-4-2)15-19(17-11-7-5-8-12-17)16-24-20(23)18-13-9-6-10-14-18/h5-14,19H,3-4,15-16H2,1-2H3. The molecule has 0 amide bonds. The average molecular weight is 379 g/mol. The molecule has 1 unspecified atom stereocenters. The molecule has 0 spiro atoms. The van der Waals surface area contributed by atoms with E-state index in [4.69, 9.17) is 14.5 Å². The molecule has 2 aromatic rings. The van der Waals surface area contributed by atoms with Crippen molar-refractivity contribution in [1.82, 2.24) is 0 Å². The maximum absolute atomic E-state index is 13.2. The monoisotopic (exact) mass is 379 g/mol. The molecule has 1 heterocycles. The van der Waals surface area contributed by atoms with Gasteiger partial charge in [-0.05, 0) is 31.4 Å². The van der Waals surface area contributed by atoms with Crippen LogP contribution in [0.25, 0.3) is 0 Å². The largest absolute Gasteiger partial charge is 0.465 e. The lowest BCUT2D eigenvalue weighted by molar-refractivity contribution is -0.167. The van der Waals surface area contributed by atoms with Crippen LogP contribution in [-0.2, 0) is 19.1 Å². The Hall–Kier alpha value is -2.95. The zero-order chi connectivity index (χ0) is 20.0. The third kappa shape index (κ3) is 3.70. The lowest BCUT2D eigenvalue weighted by atomic mass is 9.69. The Bertz CT molecular complexity index is 827. The van der Waals surface area contributed by atoms with Crippen LogP contribution in [-0.4, -0.2) is 37.4 Å². The first-order valence-corrected chi connectivity index (χ1v) is 9.63. The maximum Gasteiger partial charge on any atom is 0.329 e. The number of carbonyl (C=O) groups excluding carboxylic acids is 2. The van der Waals surface area contributed by atoms with Crippen molar-refractivity contribution in [2.75, 3.05) is 19.8 Å². The van der Waals surface area contributed by atoms with Gasteiger partial charge >= 0.3 is 11.9 Å². The van der Waals surface area contributed by atoms with Crippen molar-refractivity contribution in [2.45, 2.75) is 26.2 Å². The Morgan fingerprint density at radius 1 is 0.929 bits per heavy atom. The van der Waals surface area contributed by atoms with Crippen LogP contribution in [0.5, 0.6) is 0 Å². The second kappa shape index (κ2) is 8.83. The SMILES string of the molecule is CCOC(=O)C1(C(=O)OCC)CC(c2ccccc2)CN=C1c1ccccc1. The Labute approximate surface area is 165 Å². The van der Waals surface area contributed by atoms with E-state index >= 15 is 0 Å². The van der Waals surface area contributed by atoms with E-state index in [0.29, 0.717) is 12.3 Å². The van der Waals surface area contributed by atoms with Gasteiger partial charge in [0, 0.05) is 12.5 Å². The molecule has 0 saturated heterocycles. The van der Waals surface area contributed by atoms with Gasteiger partial charge in [-0.25, -0.2) is 0 Å². The highest BCUT2D eigenvalue weighted by molar-refractivity contribution is 6.27. The predicted molar refractivity (Wildman–Crippen MR) is 107 cm³/mol. The smallest absolute Gasteiger partial charge is 0.329 e. The van der Waals surface area contributed by atoms with E-state index in [0.717, 1.165) is 11.1 Å². The third-order valence-corrected chi connectivity index (χ3v) is 4.99. The molecule has 0 N–H and O–H groups in total. The number of rotatable bonds is 6. The summed E-state index contributed by atoms with van der Waals surface area (Å²) in [4.78, 5) is 31.1. The summed E-state index contributed by atoms with van der Waals surface area (Å²) in [6.07, 6.45) is 0.266. The zero-order valence-electron chi connectivity index (χ0n) is 16.3. The Morgan fingerprint density at radius 3 is 2.00 bits per heavy atom. The second-order valence-electron chi connectivity index (χ2n) is 6.71. The normalized spacial score (nSPS) is 18.1. The van der Waals surface area contributed by atoms with Crippen molar-refractivity contribution in [1.29, 1.82) is 0 Å². The topological polar surface area (TPSA) is 65.0 Å². The van der Waals surface area contributed by atoms with E-state index in [1.807, 2.05) is 60.7 Å². The van der Waals surface area contributed by atoms with Crippen molar-refractivity contribution in [3.63, 3.8) is 0 Å². The highest BCUT2D eigenvalue weighted by Crippen LogP contribution is 2.42. The molecule has 5 nitrogen and oxygen atoms in total. The minimum Gasteiger partial charge on any atom is -0.465 e. The highest BCUT2D eigenvalue weighted by Gasteiger charge is 2.56. The van der Waals surface area contributed by atoms with Crippen LogP contribution in [0.2, 0.25) is 0 Å². The van der Waals surface area contributed by atoms with E-state index in [9.17, 15) is 9.59 Å². The number of aliphatic imine (C=N–C) groups is 1. The lowest BCUT2D eigenvalue weighted by Gasteiger charge is -2.37. The van der Waals surface area contributed by atoms with Gasteiger partial charge in [-0.3, -0.25) is 14.6 Å². The van der Waals surface area contributed by atoms with Gasteiger partial charge in [-0.1, -0.05) is 60.7 Å². The molecule has 0 aromatic heterocycles. The first-order valence-electron chi connectivity index (χ1n) is 9.63. The van der Waals surface area contributed by atoms with Crippen LogP contribution < -0.4 is 0 Å². The van der Waals surface area contributed by atoms with Crippen LogP contribution in [0.4, 0.5) is 0 Å². The molecule has 0 saturated carbocycles. The molecular formula is C23H25NO4. The molecular weight excluding hydrogens is 354 g/mol. The summed E-state index contributed by atoms with van der Waals surface area (Å²) >= 11 is 0. The van der Waals surface area contributed by atoms with Gasteiger partial charge in [-0.15, -0.1) is 0 Å². The number of benzene rings is 2. The van der Waals surface area contributed by atoms with Crippen LogP contribution in [0.15, 0.2) is 65.7 Å². The Morgan fingerprint density at radius 2 is 1.46 bits per heavy atom. The summed E-state index contributed by atoms with van der Waals surface area (Å²) in [5.74, 6) is -1.28. The van der Waals surface area contributed by atoms with Gasteiger partial charge in [0.1, 0.15) is 0 Å². The molecule has 3 rings (SSSR count). The van der Waals surface area contributed by atoms with Gasteiger partial charge in [-0.2, -0.15) is 0 Å². The van der Waals surface area contributed by atoms with E-state index < -0.39 is 17.4 Å². The van der Waals surface area contributed by atoms with Crippen molar-refractivity contribution in [3.8, 4) is 0 Å². The lowest BCUT2D eigenvalue weighted by Crippen LogP contribution is -2.52. The molecule has 5 heteroatoms. The molecule has 0 fully saturated rings. The van der Waals surface area contributed by atoms with E-state index in [1.165, 1.54) is 0 Å². The molecule has 1 aliphatic rings. The van der Waals surface area contributed by atoms with E-state index in [2.05, 4.69) is 0 Å². The number of nitrogens with zero attached hydrogens (tertiary/aromatic N) is 1. The minimum absolute atomic E-state index is 0.0810. The molecule has 0 radical (unpaired) electrons. The molecule has 2 aromatic carbocycles. The van der Waals surface area contributed by atoms with Gasteiger partial charge in [0.2, 0.25) is 5.41 Å². The average Bonchev–Trinajstić information content (AvgIpc) is 2.74. The molecule has 28 heavy (non-hydrogen) atoms. The summed E-state index contributed by atoms with van der Waals surface area (Å²) < 4.78 is 10.7. The first kappa shape index (κ1) is 19.8. The summed E-state index contributed by atoms with van der Waals surface area (Å²) in [6.45, 7) is 4.31. The van der Waals surface area contributed by atoms with E-state index in [1.54, 1.807) is 13.8 Å². The van der Waals surface area contributed by atoms with Crippen LogP contribution in [0, 0.1) is 5.41 Å². The summed E-state index contributed by atoms with van der Waals surface area (Å²) in [5, 5.41) is 0. The molecule has 146 valence electrons. The van der Waals surface area contributed by atoms with Crippen molar-refractivity contribution in [3.05, 3.63) is 71.8 Å². The van der Waals surface area contributed by atoms with Crippen LogP contribution >= 0.6 is 0 Å². The maximum atomic E-state index is 13.2. The quantitative estimate of drug-likeness (QED) is 0.566. The van der Waals surface area contributed by atoms with Crippen LogP contribution in [0.3, 0.4) is 0 Å². The van der Waals surface area contributed by atoms with Crippen molar-refractivity contribution in [2.24, 2.45) is 10.4 Å². The molecule has 1 aliphatic heterocycles. The number of esters is 2. The van der Waals surface area contributed by atoms with Gasteiger partial charge < -0.3 is 9.47 Å². The van der Waals surface area contributed by atoms with Crippen molar-refractivity contribution < 1.29 is 19.1 Å². The fourth-order valence-electron chi connectivity index (χ4n) is 3.70. The Balaban J connectivity index is 2.15. The summed E-state index contributed by atoms with van der Waals surface area (Å²) in [6, 6.07) is 19.1. The predicted octanol–water partition coefficient (Wildman–Crippen LogP) is 3.78. The number of hydrogen-bond donors (Lipinski definition) is 0. The van der Waals surface area contributed by atoms with Crippen molar-refractivity contribution >= 4 is 17.7 Å². The Kier molecular flexibility index (Phi) is 6.24. The molecule has 0 bridgehead atoms. The van der Waals surface area contributed by atoms with Gasteiger partial charge in [0.05, 0.1) is 18.9 Å². The highest BCUT2D eigenvalue weighted by atomic mass is 16.6. The number of ether oxygens (including phenoxy) is 2.